The number of nitro groups is 1. The van der Waals surface area contributed by atoms with Crippen LogP contribution in [0.2, 0.25) is 0 Å². The van der Waals surface area contributed by atoms with Crippen LogP contribution in [-0.2, 0) is 0 Å². The van der Waals surface area contributed by atoms with E-state index in [1.54, 1.807) is 30.0 Å². The molecule has 1 heterocycles. The molecule has 2 aromatic rings. The highest BCUT2D eigenvalue weighted by atomic mass is 16.6. The zero-order valence-corrected chi connectivity index (χ0v) is 18.5. The lowest BCUT2D eigenvalue weighted by atomic mass is 10.0. The van der Waals surface area contributed by atoms with E-state index < -0.39 is 4.92 Å². The van der Waals surface area contributed by atoms with E-state index in [4.69, 9.17) is 4.74 Å². The Morgan fingerprint density at radius 3 is 2.38 bits per heavy atom. The quantitative estimate of drug-likeness (QED) is 0.455. The van der Waals surface area contributed by atoms with Crippen LogP contribution in [0.1, 0.15) is 53.8 Å². The molecule has 1 aliphatic rings. The van der Waals surface area contributed by atoms with Crippen LogP contribution < -0.4 is 4.74 Å². The highest BCUT2D eigenvalue weighted by Crippen LogP contribution is 2.29. The van der Waals surface area contributed by atoms with E-state index in [-0.39, 0.29) is 34.9 Å². The molecule has 170 valence electrons. The normalized spacial score (nSPS) is 14.1. The molecule has 8 nitrogen and oxygen atoms in total. The van der Waals surface area contributed by atoms with Crippen molar-refractivity contribution in [2.75, 3.05) is 26.2 Å². The summed E-state index contributed by atoms with van der Waals surface area (Å²) in [5, 5.41) is 11.4. The molecule has 0 spiro atoms. The third-order valence-corrected chi connectivity index (χ3v) is 5.64. The molecule has 2 amide bonds. The summed E-state index contributed by atoms with van der Waals surface area (Å²) in [5.41, 5.74) is 0.725. The molecular formula is C24H29N3O5. The Morgan fingerprint density at radius 1 is 1.09 bits per heavy atom. The van der Waals surface area contributed by atoms with Gasteiger partial charge in [0.2, 0.25) is 0 Å². The summed E-state index contributed by atoms with van der Waals surface area (Å²) in [6.07, 6.45) is 2.11. The van der Waals surface area contributed by atoms with Crippen LogP contribution in [0.4, 0.5) is 5.69 Å². The summed E-state index contributed by atoms with van der Waals surface area (Å²) >= 11 is 0. The Kier molecular flexibility index (Phi) is 7.81. The second-order valence-corrected chi connectivity index (χ2v) is 7.76. The average Bonchev–Trinajstić information content (AvgIpc) is 2.82. The molecule has 0 atom stereocenters. The van der Waals surface area contributed by atoms with Crippen LogP contribution in [0.25, 0.3) is 0 Å². The van der Waals surface area contributed by atoms with E-state index in [1.807, 2.05) is 30.0 Å². The first-order valence-corrected chi connectivity index (χ1v) is 11.0. The lowest BCUT2D eigenvalue weighted by Crippen LogP contribution is -2.49. The predicted molar refractivity (Wildman–Crippen MR) is 121 cm³/mol. The predicted octanol–water partition coefficient (Wildman–Crippen LogP) is 4.15. The summed E-state index contributed by atoms with van der Waals surface area (Å²) in [6.45, 7) is 5.73. The molecular weight excluding hydrogens is 410 g/mol. The van der Waals surface area contributed by atoms with E-state index in [9.17, 15) is 19.7 Å². The Hall–Kier alpha value is -3.42. The molecule has 3 rings (SSSR count). The van der Waals surface area contributed by atoms with E-state index in [2.05, 4.69) is 0 Å². The molecule has 0 aliphatic carbocycles. The molecule has 8 heteroatoms. The second-order valence-electron chi connectivity index (χ2n) is 7.76. The molecule has 0 saturated carbocycles. The van der Waals surface area contributed by atoms with Crippen molar-refractivity contribution < 1.29 is 19.2 Å². The first-order chi connectivity index (χ1) is 15.5. The molecule has 1 aliphatic heterocycles. The van der Waals surface area contributed by atoms with Crippen molar-refractivity contribution in [3.05, 3.63) is 69.8 Å². The van der Waals surface area contributed by atoms with Gasteiger partial charge in [-0.2, -0.15) is 0 Å². The Labute approximate surface area is 187 Å². The molecule has 0 aromatic heterocycles. The van der Waals surface area contributed by atoms with Crippen LogP contribution in [0.15, 0.2) is 48.5 Å². The lowest BCUT2D eigenvalue weighted by molar-refractivity contribution is -0.385. The SMILES string of the molecule is CCCN(C(=O)c1ccc(OCC)c([N+](=O)[O-])c1)C1CCN(C(=O)c2ccccc2)CC1. The fourth-order valence-electron chi connectivity index (χ4n) is 4.07. The van der Waals surface area contributed by atoms with Crippen LogP contribution >= 0.6 is 0 Å². The van der Waals surface area contributed by atoms with Crippen LogP contribution in [0, 0.1) is 10.1 Å². The number of hydrogen-bond acceptors (Lipinski definition) is 5. The fourth-order valence-corrected chi connectivity index (χ4v) is 4.07. The Morgan fingerprint density at radius 2 is 1.78 bits per heavy atom. The minimum atomic E-state index is -0.528. The molecule has 2 aromatic carbocycles. The van der Waals surface area contributed by atoms with Crippen molar-refractivity contribution in [1.29, 1.82) is 0 Å². The van der Waals surface area contributed by atoms with Gasteiger partial charge in [-0.15, -0.1) is 0 Å². The van der Waals surface area contributed by atoms with Gasteiger partial charge < -0.3 is 14.5 Å². The number of carbonyl (C=O) groups excluding carboxylic acids is 2. The van der Waals surface area contributed by atoms with Crippen molar-refractivity contribution in [2.45, 2.75) is 39.2 Å². The number of nitrogens with zero attached hydrogens (tertiary/aromatic N) is 3. The van der Waals surface area contributed by atoms with Crippen molar-refractivity contribution in [3.8, 4) is 5.75 Å². The summed E-state index contributed by atoms with van der Waals surface area (Å²) in [5.74, 6) is -0.0748. The molecule has 1 fully saturated rings. The number of rotatable bonds is 8. The molecule has 0 unspecified atom stereocenters. The molecule has 0 bridgehead atoms. The fraction of sp³-hybridized carbons (Fsp3) is 0.417. The third kappa shape index (κ3) is 5.25. The van der Waals surface area contributed by atoms with E-state index in [0.717, 1.165) is 6.42 Å². The zero-order chi connectivity index (χ0) is 23.1. The summed E-state index contributed by atoms with van der Waals surface area (Å²) in [4.78, 5) is 40.5. The topological polar surface area (TPSA) is 93.0 Å². The van der Waals surface area contributed by atoms with Crippen LogP contribution in [-0.4, -0.2) is 58.8 Å². The number of amides is 2. The summed E-state index contributed by atoms with van der Waals surface area (Å²) in [7, 11) is 0. The molecule has 0 radical (unpaired) electrons. The number of ether oxygens (including phenoxy) is 1. The van der Waals surface area contributed by atoms with Crippen molar-refractivity contribution in [3.63, 3.8) is 0 Å². The van der Waals surface area contributed by atoms with Crippen molar-refractivity contribution in [2.24, 2.45) is 0 Å². The minimum absolute atomic E-state index is 0.000411. The first-order valence-electron chi connectivity index (χ1n) is 11.0. The molecule has 0 N–H and O–H groups in total. The lowest BCUT2D eigenvalue weighted by Gasteiger charge is -2.38. The molecule has 1 saturated heterocycles. The second kappa shape index (κ2) is 10.7. The van der Waals surface area contributed by atoms with Crippen LogP contribution in [0.3, 0.4) is 0 Å². The van der Waals surface area contributed by atoms with Gasteiger partial charge >= 0.3 is 5.69 Å². The smallest absolute Gasteiger partial charge is 0.311 e. The number of hydrogen-bond donors (Lipinski definition) is 0. The van der Waals surface area contributed by atoms with E-state index >= 15 is 0 Å². The maximum absolute atomic E-state index is 13.3. The van der Waals surface area contributed by atoms with E-state index in [0.29, 0.717) is 44.6 Å². The van der Waals surface area contributed by atoms with Crippen molar-refractivity contribution >= 4 is 17.5 Å². The monoisotopic (exact) mass is 439 g/mol. The third-order valence-electron chi connectivity index (χ3n) is 5.64. The van der Waals surface area contributed by atoms with Gasteiger partial charge in [0.25, 0.3) is 11.8 Å². The van der Waals surface area contributed by atoms with Gasteiger partial charge in [0.05, 0.1) is 11.5 Å². The number of nitro benzene ring substituents is 1. The van der Waals surface area contributed by atoms with Gasteiger partial charge in [0, 0.05) is 42.9 Å². The zero-order valence-electron chi connectivity index (χ0n) is 18.5. The highest BCUT2D eigenvalue weighted by molar-refractivity contribution is 5.96. The van der Waals surface area contributed by atoms with E-state index in [1.165, 1.54) is 12.1 Å². The van der Waals surface area contributed by atoms with Crippen LogP contribution in [0.5, 0.6) is 5.75 Å². The molecule has 32 heavy (non-hydrogen) atoms. The summed E-state index contributed by atoms with van der Waals surface area (Å²) in [6, 6.07) is 13.5. The standard InChI is InChI=1S/C24H29N3O5/c1-3-14-26(24(29)19-10-11-22(32-4-2)21(17-19)27(30)31)20-12-15-25(16-13-20)23(28)18-8-6-5-7-9-18/h5-11,17,20H,3-4,12-16H2,1-2H3. The number of carbonyl (C=O) groups is 2. The largest absolute Gasteiger partial charge is 0.487 e. The Balaban J connectivity index is 1.73. The van der Waals surface area contributed by atoms with Gasteiger partial charge in [-0.1, -0.05) is 25.1 Å². The Bertz CT molecular complexity index is 955. The number of likely N-dealkylation sites (tertiary alicyclic amines) is 1. The van der Waals surface area contributed by atoms with Gasteiger partial charge in [-0.25, -0.2) is 0 Å². The van der Waals surface area contributed by atoms with Gasteiger partial charge in [0.15, 0.2) is 5.75 Å². The average molecular weight is 440 g/mol. The maximum Gasteiger partial charge on any atom is 0.311 e. The highest BCUT2D eigenvalue weighted by Gasteiger charge is 2.31. The first kappa shape index (κ1) is 23.2. The van der Waals surface area contributed by atoms with Gasteiger partial charge in [-0.05, 0) is 50.5 Å². The van der Waals surface area contributed by atoms with Crippen molar-refractivity contribution in [1.82, 2.24) is 9.80 Å². The minimum Gasteiger partial charge on any atom is -0.487 e. The van der Waals surface area contributed by atoms with Gasteiger partial charge in [0.1, 0.15) is 0 Å². The summed E-state index contributed by atoms with van der Waals surface area (Å²) < 4.78 is 5.32. The van der Waals surface area contributed by atoms with Gasteiger partial charge in [-0.3, -0.25) is 19.7 Å². The number of benzene rings is 2. The maximum atomic E-state index is 13.3. The number of piperidine rings is 1.